The molecule has 1 unspecified atom stereocenters. The average molecular weight is 435 g/mol. The molecule has 7 heteroatoms. The summed E-state index contributed by atoms with van der Waals surface area (Å²) in [6.07, 6.45) is 1.94. The van der Waals surface area contributed by atoms with Gasteiger partial charge in [0.2, 0.25) is 0 Å². The fourth-order valence-corrected chi connectivity index (χ4v) is 6.35. The molecule has 1 rings (SSSR count). The molecule has 0 aromatic rings. The van der Waals surface area contributed by atoms with Gasteiger partial charge in [0.25, 0.3) is 0 Å². The van der Waals surface area contributed by atoms with E-state index in [0.717, 1.165) is 12.8 Å². The van der Waals surface area contributed by atoms with Crippen molar-refractivity contribution in [2.75, 3.05) is 6.61 Å². The lowest BCUT2D eigenvalue weighted by Crippen LogP contribution is -2.50. The number of ether oxygens (including phenoxy) is 1. The van der Waals surface area contributed by atoms with Crippen LogP contribution in [0.5, 0.6) is 0 Å². The molecular weight excluding hydrogens is 392 g/mol. The van der Waals surface area contributed by atoms with Crippen LogP contribution in [0.4, 0.5) is 0 Å². The summed E-state index contributed by atoms with van der Waals surface area (Å²) >= 11 is 1.75. The smallest absolute Gasteiger partial charge is 0.303 e. The number of rotatable bonds is 7. The Morgan fingerprint density at radius 1 is 1.00 bits per heavy atom. The highest BCUT2D eigenvalue weighted by Gasteiger charge is 2.44. The van der Waals surface area contributed by atoms with Gasteiger partial charge in [0.15, 0.2) is 16.6 Å². The highest BCUT2D eigenvalue weighted by molar-refractivity contribution is 8.00. The lowest BCUT2D eigenvalue weighted by atomic mass is 10.1. The van der Waals surface area contributed by atoms with Gasteiger partial charge in [-0.2, -0.15) is 0 Å². The number of hydrogen-bond acceptors (Lipinski definition) is 5. The molecule has 0 saturated carbocycles. The van der Waals surface area contributed by atoms with Crippen molar-refractivity contribution < 1.29 is 18.4 Å². The molecule has 1 heterocycles. The van der Waals surface area contributed by atoms with E-state index in [-0.39, 0.29) is 27.6 Å². The van der Waals surface area contributed by atoms with E-state index in [1.165, 1.54) is 6.92 Å². The van der Waals surface area contributed by atoms with Gasteiger partial charge in [0.05, 0.1) is 12.7 Å². The van der Waals surface area contributed by atoms with Crippen LogP contribution >= 0.6 is 11.8 Å². The molecule has 0 N–H and O–H groups in total. The molecule has 0 aliphatic carbocycles. The topological polar surface area (TPSA) is 44.8 Å². The molecule has 0 spiro atoms. The second-order valence-corrected chi connectivity index (χ2v) is 21.7. The predicted octanol–water partition coefficient (Wildman–Crippen LogP) is 6.18. The van der Waals surface area contributed by atoms with Gasteiger partial charge >= 0.3 is 5.97 Å². The fourth-order valence-electron chi connectivity index (χ4n) is 2.46. The van der Waals surface area contributed by atoms with E-state index in [0.29, 0.717) is 11.9 Å². The van der Waals surface area contributed by atoms with Crippen LogP contribution in [-0.4, -0.2) is 46.0 Å². The highest BCUT2D eigenvalue weighted by atomic mass is 32.2. The zero-order valence-corrected chi connectivity index (χ0v) is 22.2. The molecule has 4 nitrogen and oxygen atoms in total. The Kier molecular flexibility index (Phi) is 8.31. The van der Waals surface area contributed by atoms with E-state index in [1.54, 1.807) is 11.8 Å². The molecule has 0 bridgehead atoms. The third kappa shape index (κ3) is 7.17. The lowest BCUT2D eigenvalue weighted by molar-refractivity contribution is -0.142. The molecule has 1 saturated heterocycles. The molecule has 3 atom stereocenters. The quantitative estimate of drug-likeness (QED) is 0.353. The first-order valence-corrected chi connectivity index (χ1v) is 16.9. The maximum absolute atomic E-state index is 11.3. The monoisotopic (exact) mass is 434 g/mol. The van der Waals surface area contributed by atoms with Gasteiger partial charge in [-0.15, -0.1) is 11.8 Å². The van der Waals surface area contributed by atoms with E-state index in [2.05, 4.69) is 67.7 Å². The number of carbonyl (C=O) groups excluding carboxylic acids is 1. The van der Waals surface area contributed by atoms with Crippen molar-refractivity contribution in [1.82, 2.24) is 0 Å². The van der Waals surface area contributed by atoms with Crippen LogP contribution in [-0.2, 0) is 18.4 Å². The molecule has 160 valence electrons. The Hall–Kier alpha value is 0.174. The minimum absolute atomic E-state index is 0.0468. The zero-order valence-electron chi connectivity index (χ0n) is 19.4. The summed E-state index contributed by atoms with van der Waals surface area (Å²) in [7, 11) is -3.76. The van der Waals surface area contributed by atoms with Gasteiger partial charge in [-0.3, -0.25) is 4.79 Å². The van der Waals surface area contributed by atoms with E-state index >= 15 is 0 Å². The van der Waals surface area contributed by atoms with Crippen molar-refractivity contribution in [1.29, 1.82) is 0 Å². The predicted molar refractivity (Wildman–Crippen MR) is 121 cm³/mol. The highest BCUT2D eigenvalue weighted by Crippen LogP contribution is 2.43. The summed E-state index contributed by atoms with van der Waals surface area (Å²) in [4.78, 5) is 11.3. The Morgan fingerprint density at radius 3 is 1.96 bits per heavy atom. The molecule has 0 aromatic heterocycles. The fraction of sp³-hybridized carbons (Fsp3) is 0.950. The van der Waals surface area contributed by atoms with Crippen molar-refractivity contribution in [3.05, 3.63) is 0 Å². The minimum Gasteiger partial charge on any atom is -0.451 e. The van der Waals surface area contributed by atoms with Crippen molar-refractivity contribution in [2.24, 2.45) is 0 Å². The molecular formula is C20H42O4SSi2. The molecule has 1 aliphatic rings. The van der Waals surface area contributed by atoms with Crippen LogP contribution in [0.2, 0.25) is 36.3 Å². The first-order chi connectivity index (χ1) is 12.0. The van der Waals surface area contributed by atoms with Crippen LogP contribution < -0.4 is 0 Å². The third-order valence-electron chi connectivity index (χ3n) is 6.39. The van der Waals surface area contributed by atoms with E-state index < -0.39 is 16.6 Å². The largest absolute Gasteiger partial charge is 0.451 e. The molecule has 27 heavy (non-hydrogen) atoms. The van der Waals surface area contributed by atoms with E-state index in [4.69, 9.17) is 13.6 Å². The Morgan fingerprint density at radius 2 is 1.52 bits per heavy atom. The van der Waals surface area contributed by atoms with Crippen LogP contribution in [0.1, 0.15) is 61.3 Å². The summed E-state index contributed by atoms with van der Waals surface area (Å²) in [6, 6.07) is 0. The zero-order chi connectivity index (χ0) is 21.3. The van der Waals surface area contributed by atoms with Gasteiger partial charge in [0, 0.05) is 12.2 Å². The maximum Gasteiger partial charge on any atom is 0.303 e. The van der Waals surface area contributed by atoms with Gasteiger partial charge < -0.3 is 13.6 Å². The SMILES string of the molecule is CC(=O)OC1CC[C@H]([C@@H](CO[Si](C)(C)C(C)(C)C)O[Si](C)(C)C(C)(C)C)S1. The molecule has 0 radical (unpaired) electrons. The normalized spacial score (nSPS) is 23.4. The summed E-state index contributed by atoms with van der Waals surface area (Å²) < 4.78 is 18.8. The van der Waals surface area contributed by atoms with Gasteiger partial charge in [-0.1, -0.05) is 41.5 Å². The van der Waals surface area contributed by atoms with Crippen LogP contribution in [0.25, 0.3) is 0 Å². The Labute approximate surface area is 173 Å². The van der Waals surface area contributed by atoms with Crippen molar-refractivity contribution in [3.8, 4) is 0 Å². The lowest BCUT2D eigenvalue weighted by Gasteiger charge is -2.43. The first kappa shape index (κ1) is 25.2. The maximum atomic E-state index is 11.3. The molecule has 0 amide bonds. The van der Waals surface area contributed by atoms with Gasteiger partial charge in [-0.05, 0) is 49.1 Å². The standard InChI is InChI=1S/C20H42O4SSi2/c1-15(21)23-18-13-12-17(25-18)16(24-27(10,11)20(5,6)7)14-22-26(8,9)19(2,3)4/h16-18H,12-14H2,1-11H3/t16-,17-,18?/m1/s1. The van der Waals surface area contributed by atoms with Gasteiger partial charge in [0.1, 0.15) is 5.44 Å². The summed E-state index contributed by atoms with van der Waals surface area (Å²) in [5, 5.41) is 0.645. The van der Waals surface area contributed by atoms with Crippen molar-refractivity contribution in [3.63, 3.8) is 0 Å². The number of thioether (sulfide) groups is 1. The first-order valence-electron chi connectivity index (χ1n) is 10.1. The molecule has 1 fully saturated rings. The number of carbonyl (C=O) groups is 1. The van der Waals surface area contributed by atoms with Crippen LogP contribution in [0.15, 0.2) is 0 Å². The molecule has 0 aromatic carbocycles. The van der Waals surface area contributed by atoms with Gasteiger partial charge in [-0.25, -0.2) is 0 Å². The second-order valence-electron chi connectivity index (χ2n) is 10.8. The molecule has 1 aliphatic heterocycles. The third-order valence-corrected chi connectivity index (χ3v) is 16.9. The van der Waals surface area contributed by atoms with Crippen LogP contribution in [0, 0.1) is 0 Å². The summed E-state index contributed by atoms with van der Waals surface area (Å²) in [6.45, 7) is 24.9. The number of esters is 1. The number of hydrogen-bond donors (Lipinski definition) is 0. The second kappa shape index (κ2) is 8.90. The van der Waals surface area contributed by atoms with Crippen molar-refractivity contribution in [2.45, 2.75) is 114 Å². The Bertz CT molecular complexity index is 509. The average Bonchev–Trinajstić information content (AvgIpc) is 2.88. The van der Waals surface area contributed by atoms with Crippen LogP contribution in [0.3, 0.4) is 0 Å². The van der Waals surface area contributed by atoms with Crippen molar-refractivity contribution >= 4 is 34.4 Å². The van der Waals surface area contributed by atoms with E-state index in [1.807, 2.05) is 0 Å². The summed E-state index contributed by atoms with van der Waals surface area (Å²) in [5.41, 5.74) is -0.0501. The Balaban J connectivity index is 2.92. The minimum atomic E-state index is -1.92. The van der Waals surface area contributed by atoms with E-state index in [9.17, 15) is 4.79 Å². The summed E-state index contributed by atoms with van der Waals surface area (Å²) in [5.74, 6) is -0.201.